The van der Waals surface area contributed by atoms with Crippen LogP contribution < -0.4 is 10.1 Å². The molecule has 1 atom stereocenters. The van der Waals surface area contributed by atoms with E-state index in [9.17, 15) is 4.79 Å². The molecule has 30 heavy (non-hydrogen) atoms. The van der Waals surface area contributed by atoms with Gasteiger partial charge >= 0.3 is 5.97 Å². The minimum absolute atomic E-state index is 0.394. The molecule has 0 bridgehead atoms. The van der Waals surface area contributed by atoms with E-state index in [4.69, 9.17) is 14.6 Å². The number of carbonyl (C=O) groups excluding carboxylic acids is 1. The molecule has 1 aliphatic rings. The van der Waals surface area contributed by atoms with Gasteiger partial charge in [-0.1, -0.05) is 56.7 Å². The summed E-state index contributed by atoms with van der Waals surface area (Å²) in [6, 6.07) is 7.32. The topological polar surface area (TPSA) is 78.3 Å². The molecule has 0 fully saturated rings. The fourth-order valence-electron chi connectivity index (χ4n) is 3.33. The molecule has 2 heterocycles. The largest absolute Gasteiger partial charge is 0.493 e. The van der Waals surface area contributed by atoms with Crippen molar-refractivity contribution in [3.05, 3.63) is 41.1 Å². The summed E-state index contributed by atoms with van der Waals surface area (Å²) in [4.78, 5) is 17.4. The first-order valence-corrected chi connectivity index (χ1v) is 11.5. The standard InChI is InChI=1S/C22H30N4O3S/c1-5-7-13-29-17-12-10-9-11-16(17)19-18(20(27)28-4)15(3)23-21-24-22(25-26(19)21)30-14-8-6-2/h9-12,19H,5-8,13-14H2,1-4H3,(H,23,24,25). The fourth-order valence-corrected chi connectivity index (χ4v) is 4.24. The Morgan fingerprint density at radius 1 is 1.23 bits per heavy atom. The van der Waals surface area contributed by atoms with Crippen LogP contribution in [-0.2, 0) is 9.53 Å². The van der Waals surface area contributed by atoms with E-state index in [-0.39, 0.29) is 0 Å². The van der Waals surface area contributed by atoms with Crippen LogP contribution in [-0.4, -0.2) is 40.2 Å². The first-order valence-electron chi connectivity index (χ1n) is 10.5. The highest BCUT2D eigenvalue weighted by molar-refractivity contribution is 7.99. The Bertz CT molecular complexity index is 910. The monoisotopic (exact) mass is 430 g/mol. The van der Waals surface area contributed by atoms with Crippen LogP contribution in [0.5, 0.6) is 5.75 Å². The SMILES string of the molecule is CCCCOc1ccccc1C1C(C(=O)OC)=C(C)Nc2nc(SCCCC)nn21. The van der Waals surface area contributed by atoms with Gasteiger partial charge in [0, 0.05) is 17.0 Å². The van der Waals surface area contributed by atoms with Crippen LogP contribution in [0.2, 0.25) is 0 Å². The highest BCUT2D eigenvalue weighted by Crippen LogP contribution is 2.40. The normalized spacial score (nSPS) is 15.5. The first kappa shape index (κ1) is 22.2. The molecular weight excluding hydrogens is 400 g/mol. The zero-order valence-electron chi connectivity index (χ0n) is 18.1. The lowest BCUT2D eigenvalue weighted by atomic mass is 9.95. The summed E-state index contributed by atoms with van der Waals surface area (Å²) in [6.07, 6.45) is 4.24. The second-order valence-corrected chi connectivity index (χ2v) is 8.22. The molecule has 1 aromatic carbocycles. The molecule has 1 N–H and O–H groups in total. The van der Waals surface area contributed by atoms with Gasteiger partial charge in [0.1, 0.15) is 11.8 Å². The highest BCUT2D eigenvalue weighted by atomic mass is 32.2. The highest BCUT2D eigenvalue weighted by Gasteiger charge is 2.36. The van der Waals surface area contributed by atoms with Crippen LogP contribution in [0.1, 0.15) is 58.1 Å². The Hall–Kier alpha value is -2.48. The minimum Gasteiger partial charge on any atom is -0.493 e. The van der Waals surface area contributed by atoms with E-state index >= 15 is 0 Å². The van der Waals surface area contributed by atoms with E-state index in [1.54, 1.807) is 16.4 Å². The number of aromatic nitrogens is 3. The second kappa shape index (κ2) is 10.5. The van der Waals surface area contributed by atoms with Crippen LogP contribution in [0.4, 0.5) is 5.95 Å². The van der Waals surface area contributed by atoms with Gasteiger partial charge in [-0.2, -0.15) is 4.98 Å². The van der Waals surface area contributed by atoms with E-state index in [1.165, 1.54) is 7.11 Å². The van der Waals surface area contributed by atoms with E-state index < -0.39 is 12.0 Å². The molecule has 0 saturated heterocycles. The van der Waals surface area contributed by atoms with Crippen molar-refractivity contribution in [1.82, 2.24) is 14.8 Å². The maximum Gasteiger partial charge on any atom is 0.338 e. The third-order valence-corrected chi connectivity index (χ3v) is 5.86. The molecule has 1 unspecified atom stereocenters. The van der Waals surface area contributed by atoms with Gasteiger partial charge in [0.05, 0.1) is 19.3 Å². The van der Waals surface area contributed by atoms with E-state index in [0.717, 1.165) is 42.7 Å². The summed E-state index contributed by atoms with van der Waals surface area (Å²) in [7, 11) is 1.40. The summed E-state index contributed by atoms with van der Waals surface area (Å²) in [5, 5.41) is 8.64. The molecule has 7 nitrogen and oxygen atoms in total. The van der Waals surface area contributed by atoms with Crippen molar-refractivity contribution in [3.63, 3.8) is 0 Å². The van der Waals surface area contributed by atoms with Crippen molar-refractivity contribution in [3.8, 4) is 5.75 Å². The number of anilines is 1. The molecule has 1 aromatic heterocycles. The predicted octanol–water partition coefficient (Wildman–Crippen LogP) is 4.81. The lowest BCUT2D eigenvalue weighted by Gasteiger charge is -2.29. The number of fused-ring (bicyclic) bond motifs is 1. The van der Waals surface area contributed by atoms with E-state index in [0.29, 0.717) is 29.0 Å². The van der Waals surface area contributed by atoms with Crippen molar-refractivity contribution in [2.24, 2.45) is 0 Å². The third-order valence-electron chi connectivity index (χ3n) is 4.94. The Morgan fingerprint density at radius 2 is 2.00 bits per heavy atom. The molecule has 0 saturated carbocycles. The van der Waals surface area contributed by atoms with Crippen LogP contribution in [0.15, 0.2) is 40.7 Å². The maximum atomic E-state index is 12.7. The number of para-hydroxylation sites is 1. The minimum atomic E-state index is -0.473. The molecule has 1 aliphatic heterocycles. The van der Waals surface area contributed by atoms with Crippen molar-refractivity contribution < 1.29 is 14.3 Å². The Morgan fingerprint density at radius 3 is 2.73 bits per heavy atom. The number of unbranched alkanes of at least 4 members (excludes halogenated alkanes) is 2. The second-order valence-electron chi connectivity index (χ2n) is 7.16. The summed E-state index contributed by atoms with van der Waals surface area (Å²) in [5.41, 5.74) is 2.08. The van der Waals surface area contributed by atoms with Crippen LogP contribution in [0.3, 0.4) is 0 Å². The van der Waals surface area contributed by atoms with Gasteiger partial charge in [-0.05, 0) is 25.8 Å². The Kier molecular flexibility index (Phi) is 7.79. The fraction of sp³-hybridized carbons (Fsp3) is 0.500. The quantitative estimate of drug-likeness (QED) is 0.329. The third kappa shape index (κ3) is 4.80. The average molecular weight is 431 g/mol. The number of methoxy groups -OCH3 is 1. The number of hydrogen-bond acceptors (Lipinski definition) is 7. The number of esters is 1. The van der Waals surface area contributed by atoms with Gasteiger partial charge in [-0.15, -0.1) is 5.10 Å². The molecule has 0 spiro atoms. The number of rotatable bonds is 10. The number of carbonyl (C=O) groups is 1. The molecule has 162 valence electrons. The lowest BCUT2D eigenvalue weighted by molar-refractivity contribution is -0.136. The molecule has 8 heteroatoms. The number of benzene rings is 1. The number of hydrogen-bond donors (Lipinski definition) is 1. The van der Waals surface area contributed by atoms with Gasteiger partial charge < -0.3 is 14.8 Å². The summed E-state index contributed by atoms with van der Waals surface area (Å²) in [6.45, 7) is 6.77. The van der Waals surface area contributed by atoms with E-state index in [1.807, 2.05) is 31.2 Å². The summed E-state index contributed by atoms with van der Waals surface area (Å²) < 4.78 is 12.9. The van der Waals surface area contributed by atoms with Gasteiger partial charge in [0.25, 0.3) is 0 Å². The molecule has 0 radical (unpaired) electrons. The molecular formula is C22H30N4O3S. The molecule has 3 rings (SSSR count). The van der Waals surface area contributed by atoms with Crippen molar-refractivity contribution in [1.29, 1.82) is 0 Å². The number of nitrogens with one attached hydrogen (secondary N) is 1. The lowest BCUT2D eigenvalue weighted by Crippen LogP contribution is -2.29. The molecule has 2 aromatic rings. The number of ether oxygens (including phenoxy) is 2. The predicted molar refractivity (Wildman–Crippen MR) is 119 cm³/mol. The van der Waals surface area contributed by atoms with Crippen molar-refractivity contribution in [2.45, 2.75) is 57.7 Å². The van der Waals surface area contributed by atoms with Crippen LogP contribution >= 0.6 is 11.8 Å². The van der Waals surface area contributed by atoms with Crippen molar-refractivity contribution in [2.75, 3.05) is 24.8 Å². The smallest absolute Gasteiger partial charge is 0.338 e. The maximum absolute atomic E-state index is 12.7. The van der Waals surface area contributed by atoms with Gasteiger partial charge in [0.2, 0.25) is 11.1 Å². The Balaban J connectivity index is 2.04. The van der Waals surface area contributed by atoms with Gasteiger partial charge in [-0.25, -0.2) is 9.48 Å². The Labute approximate surface area is 182 Å². The summed E-state index contributed by atoms with van der Waals surface area (Å²) >= 11 is 1.62. The average Bonchev–Trinajstić information content (AvgIpc) is 3.15. The molecule has 0 aliphatic carbocycles. The number of thioether (sulfide) groups is 1. The zero-order valence-corrected chi connectivity index (χ0v) is 18.9. The van der Waals surface area contributed by atoms with E-state index in [2.05, 4.69) is 24.1 Å². The van der Waals surface area contributed by atoms with Gasteiger partial charge in [-0.3, -0.25) is 0 Å². The van der Waals surface area contributed by atoms with Gasteiger partial charge in [0.15, 0.2) is 0 Å². The number of nitrogens with zero attached hydrogens (tertiary/aromatic N) is 3. The van der Waals surface area contributed by atoms with Crippen LogP contribution in [0, 0.1) is 0 Å². The summed E-state index contributed by atoms with van der Waals surface area (Å²) in [5.74, 6) is 1.92. The first-order chi connectivity index (χ1) is 14.6. The van der Waals surface area contributed by atoms with Crippen molar-refractivity contribution >= 4 is 23.7 Å². The molecule has 0 amide bonds. The van der Waals surface area contributed by atoms with Crippen LogP contribution in [0.25, 0.3) is 0 Å². The zero-order chi connectivity index (χ0) is 21.5. The number of allylic oxidation sites excluding steroid dienone is 1.